The number of nitrogens with two attached hydrogens (primary N) is 1. The predicted octanol–water partition coefficient (Wildman–Crippen LogP) is 3.78. The van der Waals surface area contributed by atoms with Crippen molar-refractivity contribution < 1.29 is 13.5 Å². The van der Waals surface area contributed by atoms with Crippen molar-refractivity contribution in [3.05, 3.63) is 58.6 Å². The largest absolute Gasteiger partial charge is 0.489 e. The molecule has 18 heavy (non-hydrogen) atoms. The normalized spacial score (nSPS) is 10.4. The van der Waals surface area contributed by atoms with Gasteiger partial charge in [0.05, 0.1) is 10.7 Å². The Morgan fingerprint density at radius 1 is 1.17 bits per heavy atom. The summed E-state index contributed by atoms with van der Waals surface area (Å²) in [6.45, 7) is -0.00116. The van der Waals surface area contributed by atoms with E-state index in [1.165, 1.54) is 24.3 Å². The minimum Gasteiger partial charge on any atom is -0.489 e. The van der Waals surface area contributed by atoms with Crippen molar-refractivity contribution in [3.63, 3.8) is 0 Å². The SMILES string of the molecule is Nc1cccc(COc2ccc(F)c(Cl)c2)c1F. The van der Waals surface area contributed by atoms with E-state index in [9.17, 15) is 8.78 Å². The first kappa shape index (κ1) is 12.6. The van der Waals surface area contributed by atoms with Crippen LogP contribution >= 0.6 is 11.6 Å². The Balaban J connectivity index is 2.11. The lowest BCUT2D eigenvalue weighted by Crippen LogP contribution is -2.01. The van der Waals surface area contributed by atoms with Gasteiger partial charge in [-0.3, -0.25) is 0 Å². The zero-order chi connectivity index (χ0) is 13.1. The Hall–Kier alpha value is -1.81. The summed E-state index contributed by atoms with van der Waals surface area (Å²) in [7, 11) is 0. The maximum atomic E-state index is 13.6. The lowest BCUT2D eigenvalue weighted by Gasteiger charge is -2.08. The van der Waals surface area contributed by atoms with Crippen LogP contribution in [0.3, 0.4) is 0 Å². The molecule has 0 aliphatic heterocycles. The van der Waals surface area contributed by atoms with Crippen molar-refractivity contribution >= 4 is 17.3 Å². The zero-order valence-electron chi connectivity index (χ0n) is 9.29. The van der Waals surface area contributed by atoms with Gasteiger partial charge in [0.1, 0.15) is 18.2 Å². The van der Waals surface area contributed by atoms with Crippen molar-refractivity contribution in [1.82, 2.24) is 0 Å². The molecule has 2 N–H and O–H groups in total. The van der Waals surface area contributed by atoms with Crippen molar-refractivity contribution in [2.24, 2.45) is 0 Å². The van der Waals surface area contributed by atoms with E-state index in [1.54, 1.807) is 12.1 Å². The van der Waals surface area contributed by atoms with Gasteiger partial charge >= 0.3 is 0 Å². The molecule has 2 aromatic rings. The highest BCUT2D eigenvalue weighted by atomic mass is 35.5. The maximum Gasteiger partial charge on any atom is 0.152 e. The van der Waals surface area contributed by atoms with E-state index in [1.807, 2.05) is 0 Å². The molecule has 94 valence electrons. The zero-order valence-corrected chi connectivity index (χ0v) is 10.0. The summed E-state index contributed by atoms with van der Waals surface area (Å²) in [4.78, 5) is 0. The van der Waals surface area contributed by atoms with E-state index in [4.69, 9.17) is 22.1 Å². The van der Waals surface area contributed by atoms with Crippen LogP contribution in [0, 0.1) is 11.6 Å². The molecule has 5 heteroatoms. The predicted molar refractivity (Wildman–Crippen MR) is 66.6 cm³/mol. The van der Waals surface area contributed by atoms with Crippen LogP contribution in [0.1, 0.15) is 5.56 Å². The third-order valence-electron chi connectivity index (χ3n) is 2.39. The first-order chi connectivity index (χ1) is 8.58. The van der Waals surface area contributed by atoms with E-state index in [0.717, 1.165) is 0 Å². The average molecular weight is 270 g/mol. The number of hydrogen-bond donors (Lipinski definition) is 1. The topological polar surface area (TPSA) is 35.2 Å². The Kier molecular flexibility index (Phi) is 3.67. The van der Waals surface area contributed by atoms with Crippen molar-refractivity contribution in [2.45, 2.75) is 6.61 Å². The van der Waals surface area contributed by atoms with Gasteiger partial charge in [-0.05, 0) is 18.2 Å². The fraction of sp³-hybridized carbons (Fsp3) is 0.0769. The van der Waals surface area contributed by atoms with Crippen molar-refractivity contribution in [3.8, 4) is 5.75 Å². The molecular formula is C13H10ClF2NO. The second-order valence-corrected chi connectivity index (χ2v) is 4.09. The van der Waals surface area contributed by atoms with E-state index in [2.05, 4.69) is 0 Å². The Morgan fingerprint density at radius 2 is 1.94 bits per heavy atom. The summed E-state index contributed by atoms with van der Waals surface area (Å²) in [5, 5.41) is -0.0412. The number of halogens is 3. The van der Waals surface area contributed by atoms with E-state index < -0.39 is 11.6 Å². The first-order valence-electron chi connectivity index (χ1n) is 5.18. The van der Waals surface area contributed by atoms with Crippen molar-refractivity contribution in [2.75, 3.05) is 5.73 Å². The highest BCUT2D eigenvalue weighted by Gasteiger charge is 2.07. The third-order valence-corrected chi connectivity index (χ3v) is 2.68. The molecule has 0 aliphatic rings. The summed E-state index contributed by atoms with van der Waals surface area (Å²) in [5.74, 6) is -0.673. The van der Waals surface area contributed by atoms with Crippen LogP contribution in [0.25, 0.3) is 0 Å². The molecule has 0 heterocycles. The summed E-state index contributed by atoms with van der Waals surface area (Å²) < 4.78 is 31.8. The molecule has 2 nitrogen and oxygen atoms in total. The van der Waals surface area contributed by atoms with Crippen LogP contribution in [-0.4, -0.2) is 0 Å². The van der Waals surface area contributed by atoms with Gasteiger partial charge in [0.25, 0.3) is 0 Å². The van der Waals surface area contributed by atoms with Gasteiger partial charge in [-0.1, -0.05) is 23.7 Å². The molecule has 0 aromatic heterocycles. The lowest BCUT2D eigenvalue weighted by molar-refractivity contribution is 0.299. The van der Waals surface area contributed by atoms with Crippen LogP contribution < -0.4 is 10.5 Å². The fourth-order valence-corrected chi connectivity index (χ4v) is 1.61. The first-order valence-corrected chi connectivity index (χ1v) is 5.56. The van der Waals surface area contributed by atoms with Gasteiger partial charge in [0.2, 0.25) is 0 Å². The molecule has 0 unspecified atom stereocenters. The average Bonchev–Trinajstić information content (AvgIpc) is 2.35. The summed E-state index contributed by atoms with van der Waals surface area (Å²) in [6, 6.07) is 8.61. The van der Waals surface area contributed by atoms with Crippen LogP contribution in [-0.2, 0) is 6.61 Å². The third kappa shape index (κ3) is 2.71. The highest BCUT2D eigenvalue weighted by Crippen LogP contribution is 2.23. The molecule has 0 spiro atoms. The van der Waals surface area contributed by atoms with Crippen LogP contribution in [0.15, 0.2) is 36.4 Å². The second-order valence-electron chi connectivity index (χ2n) is 3.68. The number of anilines is 1. The van der Waals surface area contributed by atoms with E-state index in [0.29, 0.717) is 11.3 Å². The van der Waals surface area contributed by atoms with Crippen LogP contribution in [0.5, 0.6) is 5.75 Å². The molecule has 2 aromatic carbocycles. The number of hydrogen-bond acceptors (Lipinski definition) is 2. The van der Waals surface area contributed by atoms with Crippen molar-refractivity contribution in [1.29, 1.82) is 0 Å². The quantitative estimate of drug-likeness (QED) is 0.861. The van der Waals surface area contributed by atoms with Gasteiger partial charge in [0.15, 0.2) is 5.82 Å². The number of ether oxygens (including phenoxy) is 1. The van der Waals surface area contributed by atoms with Gasteiger partial charge in [-0.15, -0.1) is 0 Å². The highest BCUT2D eigenvalue weighted by molar-refractivity contribution is 6.30. The molecule has 0 bridgehead atoms. The molecule has 2 rings (SSSR count). The minimum atomic E-state index is -0.529. The Morgan fingerprint density at radius 3 is 2.67 bits per heavy atom. The molecule has 0 aliphatic carbocycles. The number of rotatable bonds is 3. The van der Waals surface area contributed by atoms with Gasteiger partial charge < -0.3 is 10.5 Å². The molecule has 0 saturated heterocycles. The Labute approximate surface area is 108 Å². The monoisotopic (exact) mass is 269 g/mol. The van der Waals surface area contributed by atoms with Crippen LogP contribution in [0.2, 0.25) is 5.02 Å². The standard InChI is InChI=1S/C13H10ClF2NO/c14-10-6-9(4-5-11(10)15)18-7-8-2-1-3-12(17)13(8)16/h1-6H,7,17H2. The second kappa shape index (κ2) is 5.23. The van der Waals surface area contributed by atoms with Gasteiger partial charge in [-0.25, -0.2) is 8.78 Å². The van der Waals surface area contributed by atoms with Gasteiger partial charge in [0, 0.05) is 11.6 Å². The number of nitrogen functional groups attached to an aromatic ring is 1. The molecular weight excluding hydrogens is 260 g/mol. The molecule has 0 fully saturated rings. The van der Waals surface area contributed by atoms with E-state index in [-0.39, 0.29) is 17.3 Å². The molecule has 0 amide bonds. The van der Waals surface area contributed by atoms with Crippen LogP contribution in [0.4, 0.5) is 14.5 Å². The molecule has 0 saturated carbocycles. The smallest absolute Gasteiger partial charge is 0.152 e. The minimum absolute atomic E-state index is 0.00116. The summed E-state index contributed by atoms with van der Waals surface area (Å²) in [6.07, 6.45) is 0. The Bertz CT molecular complexity index is 575. The number of benzene rings is 2. The molecule has 0 atom stereocenters. The van der Waals surface area contributed by atoms with E-state index >= 15 is 0 Å². The summed E-state index contributed by atoms with van der Waals surface area (Å²) >= 11 is 5.60. The fourth-order valence-electron chi connectivity index (χ4n) is 1.44. The maximum absolute atomic E-state index is 13.6. The summed E-state index contributed by atoms with van der Waals surface area (Å²) in [5.41, 5.74) is 5.82. The van der Waals surface area contributed by atoms with Gasteiger partial charge in [-0.2, -0.15) is 0 Å². The molecule has 0 radical (unpaired) electrons. The lowest BCUT2D eigenvalue weighted by atomic mass is 10.2.